The van der Waals surface area contributed by atoms with E-state index in [9.17, 15) is 4.79 Å². The number of hydrogen-bond acceptors (Lipinski definition) is 3. The Hall–Kier alpha value is -0.410. The van der Waals surface area contributed by atoms with Crippen molar-refractivity contribution in [1.29, 1.82) is 0 Å². The second-order valence-corrected chi connectivity index (χ2v) is 7.69. The standard InChI is InChI=1S/C19H36N2O/c1-4-20-12-14-21(15-13-20)11-5-6-17-7-9-18(10-8-17)19(22)16(2)3/h16-18H,4-15H2,1-3H3. The van der Waals surface area contributed by atoms with Crippen molar-refractivity contribution in [3.8, 4) is 0 Å². The molecule has 3 heteroatoms. The summed E-state index contributed by atoms with van der Waals surface area (Å²) in [4.78, 5) is 17.2. The van der Waals surface area contributed by atoms with Gasteiger partial charge in [-0.3, -0.25) is 4.79 Å². The molecule has 22 heavy (non-hydrogen) atoms. The third-order valence-corrected chi connectivity index (χ3v) is 5.82. The summed E-state index contributed by atoms with van der Waals surface area (Å²) in [6, 6.07) is 0. The number of carbonyl (C=O) groups is 1. The molecule has 128 valence electrons. The van der Waals surface area contributed by atoms with Crippen molar-refractivity contribution in [2.75, 3.05) is 39.3 Å². The van der Waals surface area contributed by atoms with Crippen molar-refractivity contribution in [2.45, 2.75) is 59.3 Å². The van der Waals surface area contributed by atoms with E-state index in [2.05, 4.69) is 16.7 Å². The van der Waals surface area contributed by atoms with Crippen LogP contribution in [0.5, 0.6) is 0 Å². The van der Waals surface area contributed by atoms with Gasteiger partial charge in [-0.1, -0.05) is 20.8 Å². The Kier molecular flexibility index (Phi) is 7.36. The zero-order valence-corrected chi connectivity index (χ0v) is 15.0. The maximum absolute atomic E-state index is 12.1. The molecule has 2 aliphatic rings. The maximum Gasteiger partial charge on any atom is 0.138 e. The molecule has 1 saturated carbocycles. The zero-order valence-electron chi connectivity index (χ0n) is 15.0. The fraction of sp³-hybridized carbons (Fsp3) is 0.947. The van der Waals surface area contributed by atoms with Gasteiger partial charge in [-0.15, -0.1) is 0 Å². The van der Waals surface area contributed by atoms with E-state index in [0.717, 1.165) is 18.8 Å². The lowest BCUT2D eigenvalue weighted by molar-refractivity contribution is -0.127. The molecule has 3 nitrogen and oxygen atoms in total. The molecule has 0 atom stereocenters. The predicted molar refractivity (Wildman–Crippen MR) is 93.1 cm³/mol. The number of carbonyl (C=O) groups excluding carboxylic acids is 1. The van der Waals surface area contributed by atoms with E-state index in [4.69, 9.17) is 0 Å². The Morgan fingerprint density at radius 1 is 1.00 bits per heavy atom. The summed E-state index contributed by atoms with van der Waals surface area (Å²) in [5.41, 5.74) is 0. The molecule has 1 saturated heterocycles. The first-order valence-corrected chi connectivity index (χ1v) is 9.58. The minimum absolute atomic E-state index is 0.225. The number of piperazine rings is 1. The van der Waals surface area contributed by atoms with Crippen LogP contribution in [0, 0.1) is 17.8 Å². The summed E-state index contributed by atoms with van der Waals surface area (Å²) < 4.78 is 0. The summed E-state index contributed by atoms with van der Waals surface area (Å²) in [7, 11) is 0. The highest BCUT2D eigenvalue weighted by atomic mass is 16.1. The normalized spacial score (nSPS) is 28.2. The average molecular weight is 309 g/mol. The van der Waals surface area contributed by atoms with Crippen LogP contribution in [0.4, 0.5) is 0 Å². The number of nitrogens with zero attached hydrogens (tertiary/aromatic N) is 2. The lowest BCUT2D eigenvalue weighted by atomic mass is 9.76. The fourth-order valence-corrected chi connectivity index (χ4v) is 4.14. The monoisotopic (exact) mass is 308 g/mol. The first kappa shape index (κ1) is 17.9. The van der Waals surface area contributed by atoms with Gasteiger partial charge in [0.15, 0.2) is 0 Å². The quantitative estimate of drug-likeness (QED) is 0.720. The van der Waals surface area contributed by atoms with E-state index in [0.29, 0.717) is 11.7 Å². The number of ketones is 1. The van der Waals surface area contributed by atoms with Crippen LogP contribution in [-0.4, -0.2) is 54.9 Å². The molecule has 0 aromatic carbocycles. The third kappa shape index (κ3) is 5.34. The molecule has 0 bridgehead atoms. The highest BCUT2D eigenvalue weighted by molar-refractivity contribution is 5.82. The van der Waals surface area contributed by atoms with Gasteiger partial charge >= 0.3 is 0 Å². The Morgan fingerprint density at radius 3 is 2.14 bits per heavy atom. The third-order valence-electron chi connectivity index (χ3n) is 5.82. The molecule has 0 amide bonds. The molecular weight excluding hydrogens is 272 g/mol. The van der Waals surface area contributed by atoms with Crippen molar-refractivity contribution in [1.82, 2.24) is 9.80 Å². The second-order valence-electron chi connectivity index (χ2n) is 7.69. The van der Waals surface area contributed by atoms with Gasteiger partial charge < -0.3 is 9.80 Å². The predicted octanol–water partition coefficient (Wildman–Crippen LogP) is 3.44. The van der Waals surface area contributed by atoms with E-state index in [1.807, 2.05) is 13.8 Å². The second kappa shape index (κ2) is 9.02. The molecule has 1 aliphatic carbocycles. The van der Waals surface area contributed by atoms with Gasteiger partial charge in [0.25, 0.3) is 0 Å². The fourth-order valence-electron chi connectivity index (χ4n) is 4.14. The van der Waals surface area contributed by atoms with Gasteiger partial charge in [0, 0.05) is 38.0 Å². The first-order chi connectivity index (χ1) is 10.6. The molecular formula is C19H36N2O. The number of rotatable bonds is 7. The van der Waals surface area contributed by atoms with Crippen LogP contribution in [-0.2, 0) is 4.79 Å². The molecule has 2 fully saturated rings. The molecule has 0 unspecified atom stereocenters. The Labute approximate surface area is 137 Å². The summed E-state index contributed by atoms with van der Waals surface area (Å²) >= 11 is 0. The molecule has 0 spiro atoms. The summed E-state index contributed by atoms with van der Waals surface area (Å²) in [5.74, 6) is 1.99. The van der Waals surface area contributed by atoms with Gasteiger partial charge in [0.05, 0.1) is 0 Å². The first-order valence-electron chi connectivity index (χ1n) is 9.58. The lowest BCUT2D eigenvalue weighted by Gasteiger charge is -2.34. The zero-order chi connectivity index (χ0) is 15.9. The Bertz CT molecular complexity index is 326. The van der Waals surface area contributed by atoms with E-state index in [1.165, 1.54) is 65.0 Å². The van der Waals surface area contributed by atoms with Crippen LogP contribution in [0.15, 0.2) is 0 Å². The van der Waals surface area contributed by atoms with Gasteiger partial charge in [0.2, 0.25) is 0 Å². The number of Topliss-reactive ketones (excluding diaryl/α,β-unsaturated/α-hetero) is 1. The minimum Gasteiger partial charge on any atom is -0.301 e. The minimum atomic E-state index is 0.225. The Morgan fingerprint density at radius 2 is 1.59 bits per heavy atom. The summed E-state index contributed by atoms with van der Waals surface area (Å²) in [6.45, 7) is 13.8. The highest BCUT2D eigenvalue weighted by Gasteiger charge is 2.27. The van der Waals surface area contributed by atoms with Gasteiger partial charge in [-0.2, -0.15) is 0 Å². The average Bonchev–Trinajstić information content (AvgIpc) is 2.55. The van der Waals surface area contributed by atoms with Crippen molar-refractivity contribution in [3.05, 3.63) is 0 Å². The highest BCUT2D eigenvalue weighted by Crippen LogP contribution is 2.33. The van der Waals surface area contributed by atoms with Crippen LogP contribution in [0.2, 0.25) is 0 Å². The maximum atomic E-state index is 12.1. The SMILES string of the molecule is CCN1CCN(CCCC2CCC(C(=O)C(C)C)CC2)CC1. The van der Waals surface area contributed by atoms with Crippen LogP contribution >= 0.6 is 0 Å². The molecule has 1 aliphatic heterocycles. The molecule has 1 heterocycles. The van der Waals surface area contributed by atoms with Gasteiger partial charge in [-0.25, -0.2) is 0 Å². The topological polar surface area (TPSA) is 23.6 Å². The van der Waals surface area contributed by atoms with Crippen LogP contribution in [0.3, 0.4) is 0 Å². The number of hydrogen-bond donors (Lipinski definition) is 0. The molecule has 0 aromatic rings. The van der Waals surface area contributed by atoms with Crippen molar-refractivity contribution >= 4 is 5.78 Å². The van der Waals surface area contributed by atoms with Crippen LogP contribution in [0.1, 0.15) is 59.3 Å². The van der Waals surface area contributed by atoms with Crippen molar-refractivity contribution < 1.29 is 4.79 Å². The van der Waals surface area contributed by atoms with E-state index < -0.39 is 0 Å². The molecule has 0 radical (unpaired) electrons. The summed E-state index contributed by atoms with van der Waals surface area (Å²) in [5, 5.41) is 0. The molecule has 0 N–H and O–H groups in total. The van der Waals surface area contributed by atoms with E-state index in [-0.39, 0.29) is 5.92 Å². The summed E-state index contributed by atoms with van der Waals surface area (Å²) in [6.07, 6.45) is 7.59. The van der Waals surface area contributed by atoms with Crippen LogP contribution in [0.25, 0.3) is 0 Å². The largest absolute Gasteiger partial charge is 0.301 e. The van der Waals surface area contributed by atoms with Crippen molar-refractivity contribution in [2.24, 2.45) is 17.8 Å². The van der Waals surface area contributed by atoms with Gasteiger partial charge in [0.1, 0.15) is 5.78 Å². The van der Waals surface area contributed by atoms with Crippen molar-refractivity contribution in [3.63, 3.8) is 0 Å². The van der Waals surface area contributed by atoms with E-state index in [1.54, 1.807) is 0 Å². The molecule has 0 aromatic heterocycles. The smallest absolute Gasteiger partial charge is 0.138 e. The lowest BCUT2D eigenvalue weighted by Crippen LogP contribution is -2.46. The van der Waals surface area contributed by atoms with Gasteiger partial charge in [-0.05, 0) is 57.5 Å². The van der Waals surface area contributed by atoms with Crippen LogP contribution < -0.4 is 0 Å². The number of likely N-dealkylation sites (N-methyl/N-ethyl adjacent to an activating group) is 1. The van der Waals surface area contributed by atoms with E-state index >= 15 is 0 Å². The Balaban J connectivity index is 1.57. The molecule has 2 rings (SSSR count).